The first-order chi connectivity index (χ1) is 8.97. The quantitative estimate of drug-likeness (QED) is 0.887. The molecule has 1 aromatic carbocycles. The molecule has 2 N–H and O–H groups in total. The molecule has 0 atom stereocenters. The van der Waals surface area contributed by atoms with Gasteiger partial charge in [0.05, 0.1) is 5.56 Å². The van der Waals surface area contributed by atoms with Crippen LogP contribution in [0.1, 0.15) is 31.2 Å². The minimum absolute atomic E-state index is 0.325. The first kappa shape index (κ1) is 13.6. The van der Waals surface area contributed by atoms with Crippen molar-refractivity contribution in [3.05, 3.63) is 50.7 Å². The maximum Gasteiger partial charge on any atom is 0.335 e. The lowest BCUT2D eigenvalue weighted by molar-refractivity contribution is 0.0697. The van der Waals surface area contributed by atoms with Gasteiger partial charge in [0, 0.05) is 22.0 Å². The summed E-state index contributed by atoms with van der Waals surface area (Å²) in [6, 6.07) is 7.33. The van der Waals surface area contributed by atoms with Crippen LogP contribution in [0.3, 0.4) is 0 Å². The number of hydrogen-bond donors (Lipinski definition) is 2. The van der Waals surface area contributed by atoms with E-state index in [1.165, 1.54) is 15.3 Å². The number of aromatic carboxylic acids is 1. The van der Waals surface area contributed by atoms with Crippen LogP contribution in [0.2, 0.25) is 0 Å². The Morgan fingerprint density at radius 3 is 2.47 bits per heavy atom. The number of carbonyl (C=O) groups is 1. The molecule has 2 aromatic rings. The molecule has 0 saturated heterocycles. The molecule has 19 heavy (non-hydrogen) atoms. The highest BCUT2D eigenvalue weighted by molar-refractivity contribution is 7.12. The van der Waals surface area contributed by atoms with E-state index >= 15 is 0 Å². The van der Waals surface area contributed by atoms with Crippen LogP contribution in [0.25, 0.3) is 0 Å². The average molecular weight is 275 g/mol. The second-order valence-corrected chi connectivity index (χ2v) is 5.98. The first-order valence-corrected chi connectivity index (χ1v) is 6.92. The Kier molecular flexibility index (Phi) is 3.90. The van der Waals surface area contributed by atoms with Crippen LogP contribution in [0.5, 0.6) is 0 Å². The van der Waals surface area contributed by atoms with Crippen molar-refractivity contribution in [1.82, 2.24) is 0 Å². The van der Waals surface area contributed by atoms with Gasteiger partial charge in [-0.1, -0.05) is 0 Å². The number of benzene rings is 1. The Morgan fingerprint density at radius 2 is 1.95 bits per heavy atom. The highest BCUT2D eigenvalue weighted by Gasteiger charge is 2.06. The fraction of sp³-hybridized carbons (Fsp3) is 0.267. The molecule has 1 aromatic heterocycles. The third kappa shape index (κ3) is 3.15. The van der Waals surface area contributed by atoms with Gasteiger partial charge in [-0.15, -0.1) is 11.3 Å². The molecule has 0 amide bonds. The summed E-state index contributed by atoms with van der Waals surface area (Å²) in [5.41, 5.74) is 3.57. The molecule has 0 aliphatic carbocycles. The zero-order chi connectivity index (χ0) is 14.0. The number of carboxylic acid groups (broad SMARTS) is 1. The van der Waals surface area contributed by atoms with Gasteiger partial charge in [0.2, 0.25) is 0 Å². The molecule has 0 radical (unpaired) electrons. The van der Waals surface area contributed by atoms with Gasteiger partial charge in [-0.3, -0.25) is 0 Å². The van der Waals surface area contributed by atoms with Crippen molar-refractivity contribution >= 4 is 23.0 Å². The van der Waals surface area contributed by atoms with Gasteiger partial charge in [-0.25, -0.2) is 4.79 Å². The Labute approximate surface area is 116 Å². The number of anilines is 1. The van der Waals surface area contributed by atoms with Crippen LogP contribution in [-0.4, -0.2) is 11.1 Å². The number of rotatable bonds is 4. The molecule has 2 rings (SSSR count). The largest absolute Gasteiger partial charge is 0.478 e. The van der Waals surface area contributed by atoms with E-state index in [-0.39, 0.29) is 0 Å². The first-order valence-electron chi connectivity index (χ1n) is 6.11. The van der Waals surface area contributed by atoms with Gasteiger partial charge in [-0.05, 0) is 56.2 Å². The summed E-state index contributed by atoms with van der Waals surface area (Å²) >= 11 is 1.79. The standard InChI is InChI=1S/C15H17NO2S/c1-9-7-13(19-11(9)3)8-16-14-5-4-12(15(17)18)6-10(14)2/h4-7,16H,8H2,1-3H3,(H,17,18). The van der Waals surface area contributed by atoms with Crippen LogP contribution in [0.15, 0.2) is 24.3 Å². The van der Waals surface area contributed by atoms with Gasteiger partial charge >= 0.3 is 5.97 Å². The topological polar surface area (TPSA) is 49.3 Å². The maximum atomic E-state index is 10.9. The Balaban J connectivity index is 2.09. The summed E-state index contributed by atoms with van der Waals surface area (Å²) in [6.45, 7) is 6.92. The lowest BCUT2D eigenvalue weighted by atomic mass is 10.1. The summed E-state index contributed by atoms with van der Waals surface area (Å²) < 4.78 is 0. The van der Waals surface area contributed by atoms with E-state index in [9.17, 15) is 4.79 Å². The highest BCUT2D eigenvalue weighted by Crippen LogP contribution is 2.23. The van der Waals surface area contributed by atoms with Gasteiger partial charge in [0.1, 0.15) is 0 Å². The molecule has 0 unspecified atom stereocenters. The highest BCUT2D eigenvalue weighted by atomic mass is 32.1. The summed E-state index contributed by atoms with van der Waals surface area (Å²) in [5.74, 6) is -0.890. The number of aryl methyl sites for hydroxylation is 3. The number of nitrogens with one attached hydrogen (secondary N) is 1. The number of carboxylic acids is 1. The van der Waals surface area contributed by atoms with Crippen molar-refractivity contribution in [1.29, 1.82) is 0 Å². The molecule has 0 aliphatic heterocycles. The van der Waals surface area contributed by atoms with Crippen molar-refractivity contribution in [2.24, 2.45) is 0 Å². The predicted molar refractivity (Wildman–Crippen MR) is 79.3 cm³/mol. The van der Waals surface area contributed by atoms with Crippen molar-refractivity contribution < 1.29 is 9.90 Å². The molecule has 100 valence electrons. The van der Waals surface area contributed by atoms with Gasteiger partial charge in [0.25, 0.3) is 0 Å². The zero-order valence-electron chi connectivity index (χ0n) is 11.3. The van der Waals surface area contributed by atoms with Crippen molar-refractivity contribution in [3.63, 3.8) is 0 Å². The van der Waals surface area contributed by atoms with Crippen molar-refractivity contribution in [2.75, 3.05) is 5.32 Å². The molecular formula is C15H17NO2S. The summed E-state index contributed by atoms with van der Waals surface area (Å²) in [7, 11) is 0. The average Bonchev–Trinajstić information content (AvgIpc) is 2.67. The maximum absolute atomic E-state index is 10.9. The molecule has 3 nitrogen and oxygen atoms in total. The molecule has 4 heteroatoms. The number of thiophene rings is 1. The monoisotopic (exact) mass is 275 g/mol. The second-order valence-electron chi connectivity index (χ2n) is 4.64. The minimum atomic E-state index is -0.890. The van der Waals surface area contributed by atoms with Crippen LogP contribution in [-0.2, 0) is 6.54 Å². The number of hydrogen-bond acceptors (Lipinski definition) is 3. The smallest absolute Gasteiger partial charge is 0.335 e. The summed E-state index contributed by atoms with van der Waals surface area (Å²) in [6.07, 6.45) is 0. The molecule has 0 spiro atoms. The summed E-state index contributed by atoms with van der Waals surface area (Å²) in [5, 5.41) is 12.3. The molecule has 0 saturated carbocycles. The van der Waals surface area contributed by atoms with Gasteiger partial charge in [-0.2, -0.15) is 0 Å². The molecule has 0 fully saturated rings. The summed E-state index contributed by atoms with van der Waals surface area (Å²) in [4.78, 5) is 13.5. The minimum Gasteiger partial charge on any atom is -0.478 e. The fourth-order valence-electron chi connectivity index (χ4n) is 1.91. The van der Waals surface area contributed by atoms with Crippen LogP contribution >= 0.6 is 11.3 Å². The van der Waals surface area contributed by atoms with Gasteiger partial charge in [0.15, 0.2) is 0 Å². The van der Waals surface area contributed by atoms with E-state index in [4.69, 9.17) is 5.11 Å². The van der Waals surface area contributed by atoms with E-state index in [2.05, 4.69) is 25.2 Å². The Morgan fingerprint density at radius 1 is 1.21 bits per heavy atom. The molecule has 1 heterocycles. The predicted octanol–water partition coefficient (Wildman–Crippen LogP) is 3.98. The van der Waals surface area contributed by atoms with E-state index < -0.39 is 5.97 Å². The van der Waals surface area contributed by atoms with Crippen molar-refractivity contribution in [2.45, 2.75) is 27.3 Å². The molecule has 0 bridgehead atoms. The Hall–Kier alpha value is -1.81. The molecule has 0 aliphatic rings. The third-order valence-corrected chi connectivity index (χ3v) is 4.30. The second kappa shape index (κ2) is 5.45. The lowest BCUT2D eigenvalue weighted by Crippen LogP contribution is -2.02. The van der Waals surface area contributed by atoms with Crippen LogP contribution < -0.4 is 5.32 Å². The van der Waals surface area contributed by atoms with Crippen LogP contribution in [0.4, 0.5) is 5.69 Å². The third-order valence-electron chi connectivity index (χ3n) is 3.14. The van der Waals surface area contributed by atoms with E-state index in [0.29, 0.717) is 5.56 Å². The lowest BCUT2D eigenvalue weighted by Gasteiger charge is -2.09. The van der Waals surface area contributed by atoms with E-state index in [1.807, 2.05) is 13.0 Å². The zero-order valence-corrected chi connectivity index (χ0v) is 12.1. The Bertz CT molecular complexity index is 597. The van der Waals surface area contributed by atoms with Crippen LogP contribution in [0, 0.1) is 20.8 Å². The van der Waals surface area contributed by atoms with Crippen molar-refractivity contribution in [3.8, 4) is 0 Å². The van der Waals surface area contributed by atoms with E-state index in [0.717, 1.165) is 17.8 Å². The normalized spacial score (nSPS) is 10.5. The van der Waals surface area contributed by atoms with E-state index in [1.54, 1.807) is 23.5 Å². The SMILES string of the molecule is Cc1cc(C(=O)O)ccc1NCc1cc(C)c(C)s1. The molecular weight excluding hydrogens is 258 g/mol. The fourth-order valence-corrected chi connectivity index (χ4v) is 2.91. The van der Waals surface area contributed by atoms with Gasteiger partial charge < -0.3 is 10.4 Å².